The summed E-state index contributed by atoms with van der Waals surface area (Å²) in [7, 11) is 3.86. The van der Waals surface area contributed by atoms with Crippen LogP contribution in [0, 0.1) is 0 Å². The predicted octanol–water partition coefficient (Wildman–Crippen LogP) is 2.39. The standard InChI is InChI=1S/C19H27N5O/c1-19(2,3)15-12-24-11-14(7-9-17(24)22-15)21-18(25)13-6-8-16(20-10-13)23(4)5/h6,8,10,12,14H,7,9,11H2,1-5H3,(H,21,25)/t14-/m0/s1. The highest BCUT2D eigenvalue weighted by atomic mass is 16.1. The van der Waals surface area contributed by atoms with Crippen molar-refractivity contribution >= 4 is 11.7 Å². The van der Waals surface area contributed by atoms with Crippen molar-refractivity contribution in [3.05, 3.63) is 41.6 Å². The van der Waals surface area contributed by atoms with Crippen molar-refractivity contribution in [2.24, 2.45) is 0 Å². The fourth-order valence-corrected chi connectivity index (χ4v) is 2.98. The van der Waals surface area contributed by atoms with E-state index in [1.54, 1.807) is 6.20 Å². The van der Waals surface area contributed by atoms with Gasteiger partial charge in [0, 0.05) is 50.9 Å². The summed E-state index contributed by atoms with van der Waals surface area (Å²) in [5, 5.41) is 3.13. The van der Waals surface area contributed by atoms with Gasteiger partial charge in [-0.2, -0.15) is 0 Å². The van der Waals surface area contributed by atoms with E-state index in [-0.39, 0.29) is 17.4 Å². The Morgan fingerprint density at radius 2 is 2.08 bits per heavy atom. The Hall–Kier alpha value is -2.37. The number of hydrogen-bond donors (Lipinski definition) is 1. The van der Waals surface area contributed by atoms with Crippen molar-refractivity contribution in [1.29, 1.82) is 0 Å². The first kappa shape index (κ1) is 17.5. The molecule has 0 saturated carbocycles. The number of fused-ring (bicyclic) bond motifs is 1. The number of pyridine rings is 1. The summed E-state index contributed by atoms with van der Waals surface area (Å²) >= 11 is 0. The molecule has 1 aliphatic heterocycles. The van der Waals surface area contributed by atoms with Gasteiger partial charge < -0.3 is 14.8 Å². The topological polar surface area (TPSA) is 63.1 Å². The number of carbonyl (C=O) groups excluding carboxylic acids is 1. The second kappa shape index (κ2) is 6.50. The average Bonchev–Trinajstić information content (AvgIpc) is 2.98. The lowest BCUT2D eigenvalue weighted by Gasteiger charge is -2.24. The lowest BCUT2D eigenvalue weighted by Crippen LogP contribution is -2.40. The van der Waals surface area contributed by atoms with Crippen LogP contribution in [0.1, 0.15) is 49.1 Å². The van der Waals surface area contributed by atoms with Gasteiger partial charge in [-0.1, -0.05) is 20.8 Å². The van der Waals surface area contributed by atoms with Crippen LogP contribution < -0.4 is 10.2 Å². The maximum Gasteiger partial charge on any atom is 0.253 e. The number of aryl methyl sites for hydroxylation is 1. The second-order valence-corrected chi connectivity index (χ2v) is 7.95. The molecular weight excluding hydrogens is 314 g/mol. The molecule has 1 N–H and O–H groups in total. The first-order valence-corrected chi connectivity index (χ1v) is 8.75. The van der Waals surface area contributed by atoms with Crippen molar-refractivity contribution in [2.45, 2.75) is 51.6 Å². The molecule has 2 aromatic heterocycles. The smallest absolute Gasteiger partial charge is 0.253 e. The monoisotopic (exact) mass is 341 g/mol. The van der Waals surface area contributed by atoms with Gasteiger partial charge in [-0.15, -0.1) is 0 Å². The Balaban J connectivity index is 1.66. The Morgan fingerprint density at radius 3 is 2.68 bits per heavy atom. The summed E-state index contributed by atoms with van der Waals surface area (Å²) in [6.45, 7) is 7.29. The minimum Gasteiger partial charge on any atom is -0.363 e. The molecule has 0 bridgehead atoms. The minimum atomic E-state index is -0.0672. The number of hydrogen-bond acceptors (Lipinski definition) is 4. The Labute approximate surface area is 149 Å². The van der Waals surface area contributed by atoms with Gasteiger partial charge in [0.25, 0.3) is 5.91 Å². The van der Waals surface area contributed by atoms with Gasteiger partial charge in [0.2, 0.25) is 0 Å². The van der Waals surface area contributed by atoms with Crippen molar-refractivity contribution in [2.75, 3.05) is 19.0 Å². The van der Waals surface area contributed by atoms with Gasteiger partial charge in [0.05, 0.1) is 11.3 Å². The maximum absolute atomic E-state index is 12.5. The van der Waals surface area contributed by atoms with E-state index in [4.69, 9.17) is 4.98 Å². The molecule has 0 saturated heterocycles. The zero-order valence-corrected chi connectivity index (χ0v) is 15.7. The van der Waals surface area contributed by atoms with E-state index in [9.17, 15) is 4.79 Å². The normalized spacial score (nSPS) is 17.1. The lowest BCUT2D eigenvalue weighted by molar-refractivity contribution is 0.0927. The van der Waals surface area contributed by atoms with Crippen LogP contribution in [0.25, 0.3) is 0 Å². The van der Waals surface area contributed by atoms with Crippen LogP contribution in [0.2, 0.25) is 0 Å². The van der Waals surface area contributed by atoms with Crippen LogP contribution in [0.4, 0.5) is 5.82 Å². The van der Waals surface area contributed by atoms with Crippen molar-refractivity contribution in [3.8, 4) is 0 Å². The molecule has 1 atom stereocenters. The van der Waals surface area contributed by atoms with E-state index in [0.29, 0.717) is 5.56 Å². The van der Waals surface area contributed by atoms with Gasteiger partial charge >= 0.3 is 0 Å². The molecular formula is C19H27N5O. The lowest BCUT2D eigenvalue weighted by atomic mass is 9.93. The Bertz CT molecular complexity index is 755. The first-order valence-electron chi connectivity index (χ1n) is 8.75. The maximum atomic E-state index is 12.5. The van der Waals surface area contributed by atoms with E-state index in [0.717, 1.165) is 36.7 Å². The van der Waals surface area contributed by atoms with Crippen molar-refractivity contribution < 1.29 is 4.79 Å². The molecule has 3 heterocycles. The molecule has 134 valence electrons. The summed E-state index contributed by atoms with van der Waals surface area (Å²) in [4.78, 5) is 23.5. The molecule has 0 radical (unpaired) electrons. The molecule has 6 heteroatoms. The van der Waals surface area contributed by atoms with Gasteiger partial charge in [-0.05, 0) is 18.6 Å². The molecule has 0 unspecified atom stereocenters. The summed E-state index contributed by atoms with van der Waals surface area (Å²) in [5.41, 5.74) is 1.75. The van der Waals surface area contributed by atoms with Crippen LogP contribution in [0.5, 0.6) is 0 Å². The summed E-state index contributed by atoms with van der Waals surface area (Å²) in [5.74, 6) is 1.89. The molecule has 0 aromatic carbocycles. The first-order chi connectivity index (χ1) is 11.7. The fourth-order valence-electron chi connectivity index (χ4n) is 2.98. The second-order valence-electron chi connectivity index (χ2n) is 7.95. The third-order valence-corrected chi connectivity index (χ3v) is 4.56. The van der Waals surface area contributed by atoms with Crippen LogP contribution in [-0.2, 0) is 18.4 Å². The SMILES string of the molecule is CN(C)c1ccc(C(=O)N[C@H]2CCc3nc(C(C)(C)C)cn3C2)cn1. The molecule has 0 spiro atoms. The zero-order valence-electron chi connectivity index (χ0n) is 15.7. The van der Waals surface area contributed by atoms with Crippen molar-refractivity contribution in [3.63, 3.8) is 0 Å². The number of rotatable bonds is 3. The van der Waals surface area contributed by atoms with E-state index >= 15 is 0 Å². The van der Waals surface area contributed by atoms with Gasteiger partial charge in [-0.25, -0.2) is 9.97 Å². The third kappa shape index (κ3) is 3.83. The molecule has 0 fully saturated rings. The largest absolute Gasteiger partial charge is 0.363 e. The van der Waals surface area contributed by atoms with E-state index in [1.165, 1.54) is 0 Å². The highest BCUT2D eigenvalue weighted by molar-refractivity contribution is 5.94. The van der Waals surface area contributed by atoms with Crippen LogP contribution >= 0.6 is 0 Å². The molecule has 1 amide bonds. The Kier molecular flexibility index (Phi) is 4.54. The molecule has 25 heavy (non-hydrogen) atoms. The quantitative estimate of drug-likeness (QED) is 0.931. The molecule has 2 aromatic rings. The summed E-state index contributed by atoms with van der Waals surface area (Å²) < 4.78 is 2.18. The minimum absolute atomic E-state index is 0.0446. The van der Waals surface area contributed by atoms with Gasteiger partial charge in [0.1, 0.15) is 11.6 Å². The van der Waals surface area contributed by atoms with E-state index in [2.05, 4.69) is 41.8 Å². The zero-order chi connectivity index (χ0) is 18.2. The van der Waals surface area contributed by atoms with Crippen LogP contribution in [0.15, 0.2) is 24.5 Å². The highest BCUT2D eigenvalue weighted by Gasteiger charge is 2.25. The van der Waals surface area contributed by atoms with E-state index < -0.39 is 0 Å². The number of imidazole rings is 1. The number of amides is 1. The van der Waals surface area contributed by atoms with Crippen LogP contribution in [-0.4, -0.2) is 40.6 Å². The number of aromatic nitrogens is 3. The summed E-state index contributed by atoms with van der Waals surface area (Å²) in [6, 6.07) is 3.80. The number of anilines is 1. The Morgan fingerprint density at radius 1 is 1.32 bits per heavy atom. The predicted molar refractivity (Wildman–Crippen MR) is 99.1 cm³/mol. The van der Waals surface area contributed by atoms with Crippen molar-refractivity contribution in [1.82, 2.24) is 19.9 Å². The third-order valence-electron chi connectivity index (χ3n) is 4.56. The molecule has 0 aliphatic carbocycles. The molecule has 6 nitrogen and oxygen atoms in total. The average molecular weight is 341 g/mol. The number of nitrogens with one attached hydrogen (secondary N) is 1. The van der Waals surface area contributed by atoms with Gasteiger partial charge in [0.15, 0.2) is 0 Å². The number of carbonyl (C=O) groups is 1. The van der Waals surface area contributed by atoms with E-state index in [1.807, 2.05) is 31.1 Å². The number of nitrogens with zero attached hydrogens (tertiary/aromatic N) is 4. The summed E-state index contributed by atoms with van der Waals surface area (Å²) in [6.07, 6.45) is 5.56. The van der Waals surface area contributed by atoms with Crippen LogP contribution in [0.3, 0.4) is 0 Å². The van der Waals surface area contributed by atoms with Gasteiger partial charge in [-0.3, -0.25) is 4.79 Å². The molecule has 1 aliphatic rings. The fraction of sp³-hybridized carbons (Fsp3) is 0.526. The highest BCUT2D eigenvalue weighted by Crippen LogP contribution is 2.24. The molecule has 3 rings (SSSR count).